The molecule has 1 aromatic heterocycles. The van der Waals surface area contributed by atoms with Crippen LogP contribution in [-0.4, -0.2) is 42.3 Å². The summed E-state index contributed by atoms with van der Waals surface area (Å²) in [6.45, 7) is 1.56. The predicted octanol–water partition coefficient (Wildman–Crippen LogP) is 2.64. The molecule has 0 atom stereocenters. The molecular weight excluding hydrogens is 306 g/mol. The van der Waals surface area contributed by atoms with E-state index < -0.39 is 0 Å². The van der Waals surface area contributed by atoms with Gasteiger partial charge in [0.05, 0.1) is 22.4 Å². The minimum absolute atomic E-state index is 0.0700. The zero-order chi connectivity index (χ0) is 17.3. The second-order valence-corrected chi connectivity index (χ2v) is 5.90. The largest absolute Gasteiger partial charge is 0.733 e. The number of nitrogens with two attached hydrogens (primary N) is 1. The monoisotopic (exact) mass is 326 g/mol. The summed E-state index contributed by atoms with van der Waals surface area (Å²) in [6, 6.07) is 10.7. The maximum atomic E-state index is 11.5. The summed E-state index contributed by atoms with van der Waals surface area (Å²) in [6.07, 6.45) is 0. The number of nitrogen functional groups attached to an aromatic ring is 1. The van der Waals surface area contributed by atoms with Crippen LogP contribution in [0.5, 0.6) is 0 Å². The van der Waals surface area contributed by atoms with Crippen molar-refractivity contribution in [2.75, 3.05) is 43.5 Å². The number of nitrogens with one attached hydrogen (secondary N) is 1. The molecule has 0 saturated heterocycles. The van der Waals surface area contributed by atoms with E-state index >= 15 is 0 Å². The van der Waals surface area contributed by atoms with Crippen molar-refractivity contribution in [1.82, 2.24) is 9.88 Å². The Bertz CT molecular complexity index is 880. The van der Waals surface area contributed by atoms with Crippen molar-refractivity contribution in [3.05, 3.63) is 41.6 Å². The van der Waals surface area contributed by atoms with E-state index in [0.29, 0.717) is 28.7 Å². The Kier molecular flexibility index (Phi) is 4.39. The zero-order valence-corrected chi connectivity index (χ0v) is 13.7. The number of hydrogen-bond acceptors (Lipinski definition) is 7. The average Bonchev–Trinajstić information content (AvgIpc) is 2.54. The molecule has 0 aliphatic rings. The van der Waals surface area contributed by atoms with Crippen LogP contribution < -0.4 is 16.3 Å². The molecule has 0 radical (unpaired) electrons. The quantitative estimate of drug-likeness (QED) is 0.489. The summed E-state index contributed by atoms with van der Waals surface area (Å²) < 4.78 is 0. The highest BCUT2D eigenvalue weighted by molar-refractivity contribution is 6.14. The maximum absolute atomic E-state index is 11.5. The van der Waals surface area contributed by atoms with Crippen molar-refractivity contribution in [3.63, 3.8) is 0 Å². The maximum Gasteiger partial charge on any atom is 0.0998 e. The van der Waals surface area contributed by atoms with Crippen LogP contribution in [0.2, 0.25) is 0 Å². The molecule has 0 amide bonds. The topological polar surface area (TPSA) is 101 Å². The molecule has 0 fully saturated rings. The molecular formula is C17H20N5O2-. The first-order valence-electron chi connectivity index (χ1n) is 7.64. The van der Waals surface area contributed by atoms with E-state index in [1.807, 2.05) is 38.4 Å². The average molecular weight is 326 g/mol. The molecule has 0 saturated carbocycles. The number of anilines is 3. The highest BCUT2D eigenvalue weighted by atomic mass is 16.8. The van der Waals surface area contributed by atoms with Crippen LogP contribution in [0.25, 0.3) is 21.8 Å². The molecule has 3 aromatic rings. The van der Waals surface area contributed by atoms with Crippen molar-refractivity contribution < 1.29 is 5.21 Å². The Morgan fingerprint density at radius 3 is 2.67 bits per heavy atom. The molecule has 24 heavy (non-hydrogen) atoms. The van der Waals surface area contributed by atoms with Crippen molar-refractivity contribution in [2.24, 2.45) is 0 Å². The zero-order valence-electron chi connectivity index (χ0n) is 13.7. The van der Waals surface area contributed by atoms with Crippen molar-refractivity contribution in [1.29, 1.82) is 0 Å². The van der Waals surface area contributed by atoms with Gasteiger partial charge in [-0.05, 0) is 32.3 Å². The van der Waals surface area contributed by atoms with E-state index in [1.54, 1.807) is 6.07 Å². The number of rotatable bonds is 5. The molecule has 7 nitrogen and oxygen atoms in total. The highest BCUT2D eigenvalue weighted by Crippen LogP contribution is 2.37. The molecule has 4 N–H and O–H groups in total. The van der Waals surface area contributed by atoms with Crippen LogP contribution in [0.4, 0.5) is 17.1 Å². The smallest absolute Gasteiger partial charge is 0.0998 e. The summed E-state index contributed by atoms with van der Waals surface area (Å²) in [7, 11) is 3.99. The van der Waals surface area contributed by atoms with Gasteiger partial charge in [0.2, 0.25) is 0 Å². The van der Waals surface area contributed by atoms with Gasteiger partial charge in [0.15, 0.2) is 0 Å². The molecule has 0 aliphatic carbocycles. The lowest BCUT2D eigenvalue weighted by Gasteiger charge is -2.24. The Morgan fingerprint density at radius 2 is 1.96 bits per heavy atom. The predicted molar refractivity (Wildman–Crippen MR) is 98.3 cm³/mol. The number of likely N-dealkylation sites (N-methyl/N-ethyl adjacent to an activating group) is 1. The first-order chi connectivity index (χ1) is 11.5. The minimum Gasteiger partial charge on any atom is -0.733 e. The Hall–Kier alpha value is -2.61. The first-order valence-corrected chi connectivity index (χ1v) is 7.64. The van der Waals surface area contributed by atoms with Gasteiger partial charge < -0.3 is 26.4 Å². The van der Waals surface area contributed by atoms with Crippen molar-refractivity contribution >= 4 is 38.9 Å². The fraction of sp³-hybridized carbons (Fsp3) is 0.235. The molecule has 0 unspecified atom stereocenters. The Labute approximate surface area is 139 Å². The van der Waals surface area contributed by atoms with Gasteiger partial charge in [0.25, 0.3) is 0 Å². The fourth-order valence-electron chi connectivity index (χ4n) is 2.74. The van der Waals surface area contributed by atoms with E-state index in [2.05, 4.69) is 15.2 Å². The van der Waals surface area contributed by atoms with Crippen LogP contribution in [0.3, 0.4) is 0 Å². The van der Waals surface area contributed by atoms with Gasteiger partial charge in [-0.15, -0.1) is 0 Å². The van der Waals surface area contributed by atoms with Crippen LogP contribution >= 0.6 is 0 Å². The van der Waals surface area contributed by atoms with Gasteiger partial charge in [-0.2, -0.15) is 0 Å². The van der Waals surface area contributed by atoms with Gasteiger partial charge >= 0.3 is 0 Å². The highest BCUT2D eigenvalue weighted by Gasteiger charge is 2.14. The number of nitrogens with zero attached hydrogens (tertiary/aromatic N) is 3. The van der Waals surface area contributed by atoms with Gasteiger partial charge in [0, 0.05) is 29.5 Å². The Balaban J connectivity index is 2.22. The number of pyridine rings is 1. The molecule has 0 aliphatic heterocycles. The summed E-state index contributed by atoms with van der Waals surface area (Å²) in [5.74, 6) is 0. The van der Waals surface area contributed by atoms with Gasteiger partial charge in [-0.1, -0.05) is 18.2 Å². The summed E-state index contributed by atoms with van der Waals surface area (Å²) in [4.78, 5) is 6.59. The molecule has 3 rings (SSSR count). The first kappa shape index (κ1) is 16.3. The number of benzene rings is 2. The van der Waals surface area contributed by atoms with E-state index in [0.717, 1.165) is 17.6 Å². The van der Waals surface area contributed by atoms with E-state index in [-0.39, 0.29) is 10.9 Å². The summed E-state index contributed by atoms with van der Waals surface area (Å²) >= 11 is 0. The minimum atomic E-state index is -0.173. The molecule has 7 heteroatoms. The number of aromatic nitrogens is 1. The lowest BCUT2D eigenvalue weighted by Crippen LogP contribution is -2.21. The van der Waals surface area contributed by atoms with Gasteiger partial charge in [-0.3, -0.25) is 5.21 Å². The normalized spacial score (nSPS) is 11.4. The second-order valence-electron chi connectivity index (χ2n) is 5.90. The fourth-order valence-corrected chi connectivity index (χ4v) is 2.74. The van der Waals surface area contributed by atoms with E-state index in [9.17, 15) is 10.4 Å². The molecule has 0 spiro atoms. The van der Waals surface area contributed by atoms with Crippen molar-refractivity contribution in [2.45, 2.75) is 0 Å². The lowest BCUT2D eigenvalue weighted by molar-refractivity contribution is 0.297. The van der Waals surface area contributed by atoms with E-state index in [1.165, 1.54) is 6.07 Å². The van der Waals surface area contributed by atoms with Gasteiger partial charge in [-0.25, -0.2) is 4.98 Å². The third-order valence-corrected chi connectivity index (χ3v) is 3.93. The van der Waals surface area contributed by atoms with Crippen LogP contribution in [0, 0.1) is 5.21 Å². The molecule has 2 aromatic carbocycles. The lowest BCUT2D eigenvalue weighted by atomic mass is 10.1. The SMILES string of the molecule is CN(C)CCNc1ccc(N([O-])O)c2nc3ccccc3c(N)c12. The summed E-state index contributed by atoms with van der Waals surface area (Å²) in [5.41, 5.74) is 8.80. The van der Waals surface area contributed by atoms with Crippen LogP contribution in [0.15, 0.2) is 36.4 Å². The molecule has 126 valence electrons. The van der Waals surface area contributed by atoms with Crippen LogP contribution in [-0.2, 0) is 0 Å². The Morgan fingerprint density at radius 1 is 1.21 bits per heavy atom. The third kappa shape index (κ3) is 2.92. The number of fused-ring (bicyclic) bond motifs is 2. The van der Waals surface area contributed by atoms with Crippen molar-refractivity contribution in [3.8, 4) is 0 Å². The molecule has 0 bridgehead atoms. The third-order valence-electron chi connectivity index (χ3n) is 3.93. The van der Waals surface area contributed by atoms with E-state index in [4.69, 9.17) is 5.73 Å². The standard InChI is InChI=1S/C17H20N5O2/c1-21(2)10-9-19-13-7-8-14(22(23)24)17-15(13)16(18)11-5-3-4-6-12(11)20-17/h3-8,19,23H,9-10H2,1-2H3,(H2,18,20)/q-1. The van der Waals surface area contributed by atoms with Gasteiger partial charge in [0.1, 0.15) is 0 Å². The summed E-state index contributed by atoms with van der Waals surface area (Å²) in [5, 5.41) is 25.5. The van der Waals surface area contributed by atoms with Crippen LogP contribution in [0.1, 0.15) is 0 Å². The number of hydrogen-bond donors (Lipinski definition) is 3. The second kappa shape index (κ2) is 6.48. The molecule has 1 heterocycles. The number of para-hydroxylation sites is 1.